The first-order chi connectivity index (χ1) is 10.7. The number of carboxylic acid groups (broad SMARTS) is 1. The van der Waals surface area contributed by atoms with Crippen LogP contribution in [0.3, 0.4) is 0 Å². The molecule has 0 aliphatic heterocycles. The highest BCUT2D eigenvalue weighted by Crippen LogP contribution is 2.05. The van der Waals surface area contributed by atoms with Gasteiger partial charge in [-0.3, -0.25) is 14.8 Å². The van der Waals surface area contributed by atoms with Gasteiger partial charge in [-0.05, 0) is 30.7 Å². The maximum atomic E-state index is 10.7. The van der Waals surface area contributed by atoms with Crippen LogP contribution < -0.4 is 5.32 Å². The molecule has 0 amide bonds. The number of rotatable bonds is 8. The van der Waals surface area contributed by atoms with Crippen molar-refractivity contribution in [2.75, 3.05) is 0 Å². The number of nitrogens with one attached hydrogen (secondary N) is 1. The molecule has 5 nitrogen and oxygen atoms in total. The van der Waals surface area contributed by atoms with Crippen LogP contribution in [0.5, 0.6) is 0 Å². The minimum absolute atomic E-state index is 0.0427. The van der Waals surface area contributed by atoms with Crippen LogP contribution in [0.4, 0.5) is 0 Å². The first-order valence-corrected chi connectivity index (χ1v) is 7.47. The fourth-order valence-electron chi connectivity index (χ4n) is 2.26. The summed E-state index contributed by atoms with van der Waals surface area (Å²) in [6.45, 7) is 2.76. The van der Waals surface area contributed by atoms with Crippen molar-refractivity contribution in [1.82, 2.24) is 15.3 Å². The van der Waals surface area contributed by atoms with Crippen LogP contribution in [0.15, 0.2) is 42.6 Å². The van der Waals surface area contributed by atoms with E-state index in [9.17, 15) is 4.79 Å². The molecule has 2 aromatic rings. The van der Waals surface area contributed by atoms with E-state index in [-0.39, 0.29) is 6.42 Å². The van der Waals surface area contributed by atoms with E-state index < -0.39 is 5.97 Å². The molecular weight excluding hydrogens is 278 g/mol. The van der Waals surface area contributed by atoms with Gasteiger partial charge in [0, 0.05) is 30.9 Å². The Morgan fingerprint density at radius 1 is 1.18 bits per heavy atom. The highest BCUT2D eigenvalue weighted by Gasteiger charge is 2.09. The van der Waals surface area contributed by atoms with E-state index in [1.165, 1.54) is 0 Å². The summed E-state index contributed by atoms with van der Waals surface area (Å²) in [5.74, 6) is -0.862. The summed E-state index contributed by atoms with van der Waals surface area (Å²) >= 11 is 0. The molecule has 0 aliphatic carbocycles. The molecular formula is C17H21N3O2. The lowest BCUT2D eigenvalue weighted by atomic mass is 10.1. The van der Waals surface area contributed by atoms with E-state index >= 15 is 0 Å². The molecule has 0 aliphatic rings. The van der Waals surface area contributed by atoms with Gasteiger partial charge in [0.2, 0.25) is 0 Å². The third kappa shape index (κ3) is 5.26. The number of carbonyl (C=O) groups is 1. The summed E-state index contributed by atoms with van der Waals surface area (Å²) in [6.07, 6.45) is 3.62. The van der Waals surface area contributed by atoms with Crippen LogP contribution in [0.2, 0.25) is 0 Å². The lowest BCUT2D eigenvalue weighted by Gasteiger charge is -2.16. The Bertz CT molecular complexity index is 602. The van der Waals surface area contributed by atoms with Gasteiger partial charge < -0.3 is 10.4 Å². The summed E-state index contributed by atoms with van der Waals surface area (Å²) in [7, 11) is 0. The Labute approximate surface area is 130 Å². The Hall–Kier alpha value is -2.27. The quantitative estimate of drug-likeness (QED) is 0.781. The topological polar surface area (TPSA) is 75.1 Å². The van der Waals surface area contributed by atoms with E-state index in [0.717, 1.165) is 24.2 Å². The SMILES string of the molecule is CCC(Cc1ccccn1)NCc1cccc(CC(=O)O)n1. The van der Waals surface area contributed by atoms with Crippen LogP contribution in [0.1, 0.15) is 30.4 Å². The van der Waals surface area contributed by atoms with Crippen LogP contribution >= 0.6 is 0 Å². The van der Waals surface area contributed by atoms with E-state index in [1.54, 1.807) is 12.3 Å². The van der Waals surface area contributed by atoms with Gasteiger partial charge in [0.25, 0.3) is 0 Å². The Kier molecular flexibility index (Phi) is 6.03. The fraction of sp³-hybridized carbons (Fsp3) is 0.353. The number of carboxylic acids is 1. The molecule has 0 radical (unpaired) electrons. The molecule has 0 aromatic carbocycles. The van der Waals surface area contributed by atoms with Crippen molar-refractivity contribution in [3.8, 4) is 0 Å². The summed E-state index contributed by atoms with van der Waals surface area (Å²) in [6, 6.07) is 11.7. The molecule has 2 rings (SSSR count). The van der Waals surface area contributed by atoms with Gasteiger partial charge in [0.15, 0.2) is 0 Å². The van der Waals surface area contributed by atoms with Crippen LogP contribution in [-0.2, 0) is 24.2 Å². The molecule has 1 unspecified atom stereocenters. The molecule has 116 valence electrons. The first-order valence-electron chi connectivity index (χ1n) is 7.47. The average Bonchev–Trinajstić information content (AvgIpc) is 2.52. The molecule has 0 saturated carbocycles. The number of aliphatic carboxylic acids is 1. The van der Waals surface area contributed by atoms with Crippen LogP contribution in [0.25, 0.3) is 0 Å². The third-order valence-corrected chi connectivity index (χ3v) is 3.44. The second-order valence-electron chi connectivity index (χ2n) is 5.20. The predicted octanol–water partition coefficient (Wildman–Crippen LogP) is 2.21. The maximum absolute atomic E-state index is 10.7. The van der Waals surface area contributed by atoms with E-state index in [1.807, 2.05) is 30.3 Å². The van der Waals surface area contributed by atoms with Gasteiger partial charge in [-0.2, -0.15) is 0 Å². The summed E-state index contributed by atoms with van der Waals surface area (Å²) in [4.78, 5) is 19.4. The van der Waals surface area contributed by atoms with Gasteiger partial charge in [-0.1, -0.05) is 19.1 Å². The highest BCUT2D eigenvalue weighted by molar-refractivity contribution is 5.69. The molecule has 22 heavy (non-hydrogen) atoms. The number of pyridine rings is 2. The van der Waals surface area contributed by atoms with Crippen molar-refractivity contribution >= 4 is 5.97 Å². The molecule has 0 bridgehead atoms. The second-order valence-corrected chi connectivity index (χ2v) is 5.20. The minimum Gasteiger partial charge on any atom is -0.481 e. The molecule has 0 fully saturated rings. The van der Waals surface area contributed by atoms with Crippen LogP contribution in [0, 0.1) is 0 Å². The molecule has 2 heterocycles. The smallest absolute Gasteiger partial charge is 0.309 e. The van der Waals surface area contributed by atoms with Crippen molar-refractivity contribution in [1.29, 1.82) is 0 Å². The predicted molar refractivity (Wildman–Crippen MR) is 84.4 cm³/mol. The maximum Gasteiger partial charge on any atom is 0.309 e. The largest absolute Gasteiger partial charge is 0.481 e. The number of hydrogen-bond donors (Lipinski definition) is 2. The van der Waals surface area contributed by atoms with Crippen molar-refractivity contribution in [2.24, 2.45) is 0 Å². The number of aromatic nitrogens is 2. The Morgan fingerprint density at radius 2 is 1.95 bits per heavy atom. The molecule has 2 N–H and O–H groups in total. The first kappa shape index (κ1) is 16.1. The molecule has 0 spiro atoms. The second kappa shape index (κ2) is 8.24. The normalized spacial score (nSPS) is 12.0. The Morgan fingerprint density at radius 3 is 2.64 bits per heavy atom. The highest BCUT2D eigenvalue weighted by atomic mass is 16.4. The lowest BCUT2D eigenvalue weighted by Crippen LogP contribution is -2.30. The van der Waals surface area contributed by atoms with Crippen molar-refractivity contribution in [3.05, 3.63) is 59.7 Å². The van der Waals surface area contributed by atoms with E-state index in [0.29, 0.717) is 18.3 Å². The number of nitrogens with zero attached hydrogens (tertiary/aromatic N) is 2. The Balaban J connectivity index is 1.91. The van der Waals surface area contributed by atoms with E-state index in [2.05, 4.69) is 22.2 Å². The van der Waals surface area contributed by atoms with Crippen molar-refractivity contribution < 1.29 is 9.90 Å². The van der Waals surface area contributed by atoms with Gasteiger partial charge in [0.05, 0.1) is 17.8 Å². The minimum atomic E-state index is -0.862. The molecule has 2 aromatic heterocycles. The molecule has 0 saturated heterocycles. The average molecular weight is 299 g/mol. The van der Waals surface area contributed by atoms with Crippen molar-refractivity contribution in [3.63, 3.8) is 0 Å². The van der Waals surface area contributed by atoms with Crippen molar-refractivity contribution in [2.45, 2.75) is 38.8 Å². The fourth-order valence-corrected chi connectivity index (χ4v) is 2.26. The zero-order valence-corrected chi connectivity index (χ0v) is 12.7. The summed E-state index contributed by atoms with van der Waals surface area (Å²) < 4.78 is 0. The standard InChI is InChI=1S/C17H21N3O2/c1-2-13(10-14-6-3-4-9-18-14)19-12-16-8-5-7-15(20-16)11-17(21)22/h3-9,13,19H,2,10-12H2,1H3,(H,21,22). The monoisotopic (exact) mass is 299 g/mol. The third-order valence-electron chi connectivity index (χ3n) is 3.44. The zero-order chi connectivity index (χ0) is 15.8. The summed E-state index contributed by atoms with van der Waals surface area (Å²) in [5.41, 5.74) is 2.51. The van der Waals surface area contributed by atoms with Gasteiger partial charge in [0.1, 0.15) is 0 Å². The molecule has 5 heteroatoms. The summed E-state index contributed by atoms with van der Waals surface area (Å²) in [5, 5.41) is 12.3. The zero-order valence-electron chi connectivity index (χ0n) is 12.7. The van der Waals surface area contributed by atoms with Gasteiger partial charge in [-0.25, -0.2) is 0 Å². The van der Waals surface area contributed by atoms with Gasteiger partial charge >= 0.3 is 5.97 Å². The number of hydrogen-bond acceptors (Lipinski definition) is 4. The lowest BCUT2D eigenvalue weighted by molar-refractivity contribution is -0.136. The van der Waals surface area contributed by atoms with Gasteiger partial charge in [-0.15, -0.1) is 0 Å². The van der Waals surface area contributed by atoms with Crippen LogP contribution in [-0.4, -0.2) is 27.1 Å². The van der Waals surface area contributed by atoms with E-state index in [4.69, 9.17) is 5.11 Å². The molecule has 1 atom stereocenters.